The van der Waals surface area contributed by atoms with Gasteiger partial charge in [0.25, 0.3) is 0 Å². The maximum atomic E-state index is 12.8. The Hall–Kier alpha value is -1.87. The van der Waals surface area contributed by atoms with Crippen LogP contribution in [0.25, 0.3) is 0 Å². The van der Waals surface area contributed by atoms with Gasteiger partial charge in [0.1, 0.15) is 0 Å². The fourth-order valence-electron chi connectivity index (χ4n) is 3.36. The number of hydrogen-bond acceptors (Lipinski definition) is 2. The Morgan fingerprint density at radius 1 is 1.22 bits per heavy atom. The number of carbonyl (C=O) groups excluding carboxylic acids is 1. The normalized spacial score (nSPS) is 14.4. The van der Waals surface area contributed by atoms with Crippen LogP contribution in [0.2, 0.25) is 0 Å². The first-order valence-electron chi connectivity index (χ1n) is 8.58. The van der Waals surface area contributed by atoms with Gasteiger partial charge in [-0.05, 0) is 44.9 Å². The standard InChI is InChI=1S/C20H26N2O/c1-4-21(13-17-8-6-5-7-9-17)14-20(23)19-12-15(2)22(16(19)3)18-10-11-18/h5-9,12,18H,4,10-11,13-14H2,1-3H3. The topological polar surface area (TPSA) is 25.2 Å². The van der Waals surface area contributed by atoms with E-state index in [1.54, 1.807) is 0 Å². The van der Waals surface area contributed by atoms with Crippen molar-refractivity contribution >= 4 is 5.78 Å². The minimum atomic E-state index is 0.239. The highest BCUT2D eigenvalue weighted by molar-refractivity contribution is 5.99. The lowest BCUT2D eigenvalue weighted by atomic mass is 10.1. The first-order chi connectivity index (χ1) is 11.1. The molecule has 0 unspecified atom stereocenters. The molecule has 122 valence electrons. The molecule has 23 heavy (non-hydrogen) atoms. The molecule has 0 radical (unpaired) electrons. The van der Waals surface area contributed by atoms with E-state index in [4.69, 9.17) is 0 Å². The van der Waals surface area contributed by atoms with Gasteiger partial charge >= 0.3 is 0 Å². The van der Waals surface area contributed by atoms with Crippen molar-refractivity contribution in [3.8, 4) is 0 Å². The van der Waals surface area contributed by atoms with E-state index in [0.717, 1.165) is 24.3 Å². The van der Waals surface area contributed by atoms with E-state index in [9.17, 15) is 4.79 Å². The SMILES string of the molecule is CCN(CC(=O)c1cc(C)n(C2CC2)c1C)Cc1ccccc1. The summed E-state index contributed by atoms with van der Waals surface area (Å²) < 4.78 is 2.35. The highest BCUT2D eigenvalue weighted by Gasteiger charge is 2.28. The third kappa shape index (κ3) is 3.56. The van der Waals surface area contributed by atoms with Crippen LogP contribution in [0.5, 0.6) is 0 Å². The van der Waals surface area contributed by atoms with Gasteiger partial charge in [-0.15, -0.1) is 0 Å². The van der Waals surface area contributed by atoms with Crippen molar-refractivity contribution in [2.45, 2.75) is 46.2 Å². The molecular formula is C20H26N2O. The average molecular weight is 310 g/mol. The monoisotopic (exact) mass is 310 g/mol. The molecule has 0 N–H and O–H groups in total. The van der Waals surface area contributed by atoms with E-state index in [1.165, 1.54) is 24.1 Å². The summed E-state index contributed by atoms with van der Waals surface area (Å²) in [6.45, 7) is 8.51. The molecule has 0 saturated heterocycles. The predicted molar refractivity (Wildman–Crippen MR) is 93.9 cm³/mol. The summed E-state index contributed by atoms with van der Waals surface area (Å²) in [4.78, 5) is 15.0. The summed E-state index contributed by atoms with van der Waals surface area (Å²) >= 11 is 0. The van der Waals surface area contributed by atoms with Gasteiger partial charge in [0.2, 0.25) is 0 Å². The van der Waals surface area contributed by atoms with E-state index < -0.39 is 0 Å². The van der Waals surface area contributed by atoms with Gasteiger partial charge < -0.3 is 4.57 Å². The number of benzene rings is 1. The molecule has 1 heterocycles. The molecule has 1 fully saturated rings. The lowest BCUT2D eigenvalue weighted by Gasteiger charge is -2.19. The second-order valence-electron chi connectivity index (χ2n) is 6.60. The highest BCUT2D eigenvalue weighted by Crippen LogP contribution is 2.38. The van der Waals surface area contributed by atoms with E-state index in [1.807, 2.05) is 18.2 Å². The molecule has 0 bridgehead atoms. The summed E-state index contributed by atoms with van der Waals surface area (Å²) in [5.74, 6) is 0.239. The number of rotatable bonds is 7. The number of nitrogens with zero attached hydrogens (tertiary/aromatic N) is 2. The number of likely N-dealkylation sites (N-methyl/N-ethyl adjacent to an activating group) is 1. The van der Waals surface area contributed by atoms with Crippen molar-refractivity contribution in [3.63, 3.8) is 0 Å². The van der Waals surface area contributed by atoms with Crippen LogP contribution in [0.15, 0.2) is 36.4 Å². The minimum absolute atomic E-state index is 0.239. The molecule has 3 nitrogen and oxygen atoms in total. The lowest BCUT2D eigenvalue weighted by molar-refractivity contribution is 0.0929. The summed E-state index contributed by atoms with van der Waals surface area (Å²) in [5.41, 5.74) is 4.52. The largest absolute Gasteiger partial charge is 0.345 e. The maximum Gasteiger partial charge on any atom is 0.178 e. The number of hydrogen-bond donors (Lipinski definition) is 0. The van der Waals surface area contributed by atoms with Crippen LogP contribution in [-0.4, -0.2) is 28.3 Å². The Morgan fingerprint density at radius 2 is 1.91 bits per heavy atom. The zero-order valence-corrected chi connectivity index (χ0v) is 14.4. The first kappa shape index (κ1) is 16.0. The molecular weight excluding hydrogens is 284 g/mol. The third-order valence-corrected chi connectivity index (χ3v) is 4.76. The Kier molecular flexibility index (Phi) is 4.67. The molecule has 1 aliphatic carbocycles. The van der Waals surface area contributed by atoms with Crippen molar-refractivity contribution in [1.29, 1.82) is 0 Å². The zero-order chi connectivity index (χ0) is 16.4. The van der Waals surface area contributed by atoms with Crippen LogP contribution >= 0.6 is 0 Å². The Labute approximate surface area is 138 Å². The van der Waals surface area contributed by atoms with Crippen molar-refractivity contribution in [2.75, 3.05) is 13.1 Å². The summed E-state index contributed by atoms with van der Waals surface area (Å²) in [5, 5.41) is 0. The van der Waals surface area contributed by atoms with Gasteiger partial charge in [-0.2, -0.15) is 0 Å². The second kappa shape index (κ2) is 6.71. The van der Waals surface area contributed by atoms with Gasteiger partial charge in [-0.1, -0.05) is 37.3 Å². The fourth-order valence-corrected chi connectivity index (χ4v) is 3.36. The second-order valence-corrected chi connectivity index (χ2v) is 6.60. The Bertz CT molecular complexity index is 683. The number of Topliss-reactive ketones (excluding diaryl/α,β-unsaturated/α-hetero) is 1. The number of aryl methyl sites for hydroxylation is 1. The van der Waals surface area contributed by atoms with Crippen LogP contribution in [0, 0.1) is 13.8 Å². The number of ketones is 1. The smallest absolute Gasteiger partial charge is 0.178 e. The Balaban J connectivity index is 1.71. The van der Waals surface area contributed by atoms with Crippen LogP contribution in [0.3, 0.4) is 0 Å². The van der Waals surface area contributed by atoms with Gasteiger partial charge in [0, 0.05) is 29.5 Å². The minimum Gasteiger partial charge on any atom is -0.345 e. The van der Waals surface area contributed by atoms with Gasteiger partial charge in [-0.3, -0.25) is 9.69 Å². The molecule has 0 amide bonds. The third-order valence-electron chi connectivity index (χ3n) is 4.76. The van der Waals surface area contributed by atoms with E-state index in [-0.39, 0.29) is 5.78 Å². The van der Waals surface area contributed by atoms with E-state index >= 15 is 0 Å². The summed E-state index contributed by atoms with van der Waals surface area (Å²) in [7, 11) is 0. The lowest BCUT2D eigenvalue weighted by Crippen LogP contribution is -2.29. The number of carbonyl (C=O) groups is 1. The number of aromatic nitrogens is 1. The molecule has 1 aliphatic rings. The molecule has 1 saturated carbocycles. The highest BCUT2D eigenvalue weighted by atomic mass is 16.1. The molecule has 0 atom stereocenters. The van der Waals surface area contributed by atoms with Crippen molar-refractivity contribution < 1.29 is 4.79 Å². The van der Waals surface area contributed by atoms with Crippen LogP contribution in [-0.2, 0) is 6.54 Å². The van der Waals surface area contributed by atoms with E-state index in [0.29, 0.717) is 12.6 Å². The van der Waals surface area contributed by atoms with Crippen LogP contribution in [0.4, 0.5) is 0 Å². The molecule has 0 aliphatic heterocycles. The molecule has 0 spiro atoms. The maximum absolute atomic E-state index is 12.8. The molecule has 3 heteroatoms. The van der Waals surface area contributed by atoms with Crippen LogP contribution < -0.4 is 0 Å². The summed E-state index contributed by atoms with van der Waals surface area (Å²) in [6.07, 6.45) is 2.50. The average Bonchev–Trinajstić information content (AvgIpc) is 3.33. The quantitative estimate of drug-likeness (QED) is 0.718. The van der Waals surface area contributed by atoms with Crippen LogP contribution in [0.1, 0.15) is 53.1 Å². The van der Waals surface area contributed by atoms with Gasteiger partial charge in [-0.25, -0.2) is 0 Å². The molecule has 2 aromatic rings. The first-order valence-corrected chi connectivity index (χ1v) is 8.58. The van der Waals surface area contributed by atoms with Crippen molar-refractivity contribution in [1.82, 2.24) is 9.47 Å². The fraction of sp³-hybridized carbons (Fsp3) is 0.450. The predicted octanol–water partition coefficient (Wildman–Crippen LogP) is 4.14. The zero-order valence-electron chi connectivity index (χ0n) is 14.4. The van der Waals surface area contributed by atoms with Gasteiger partial charge in [0.05, 0.1) is 6.54 Å². The molecule has 1 aromatic heterocycles. The molecule has 1 aromatic carbocycles. The van der Waals surface area contributed by atoms with Crippen molar-refractivity contribution in [3.05, 3.63) is 58.9 Å². The van der Waals surface area contributed by atoms with Gasteiger partial charge in [0.15, 0.2) is 5.78 Å². The summed E-state index contributed by atoms with van der Waals surface area (Å²) in [6, 6.07) is 13.1. The van der Waals surface area contributed by atoms with Crippen molar-refractivity contribution in [2.24, 2.45) is 0 Å². The molecule has 3 rings (SSSR count). The Morgan fingerprint density at radius 3 is 2.52 bits per heavy atom. The van der Waals surface area contributed by atoms with E-state index in [2.05, 4.69) is 48.4 Å².